The number of ether oxygens (including phenoxy) is 1. The van der Waals surface area contributed by atoms with E-state index in [1.807, 2.05) is 6.92 Å². The third-order valence-electron chi connectivity index (χ3n) is 3.29. The van der Waals surface area contributed by atoms with Crippen molar-refractivity contribution in [1.82, 2.24) is 5.32 Å². The van der Waals surface area contributed by atoms with Gasteiger partial charge in [0.15, 0.2) is 0 Å². The third-order valence-corrected chi connectivity index (χ3v) is 3.29. The lowest BCUT2D eigenvalue weighted by atomic mass is 9.95. The summed E-state index contributed by atoms with van der Waals surface area (Å²) in [5.41, 5.74) is 5.64. The predicted molar refractivity (Wildman–Crippen MR) is 84.3 cm³/mol. The molecule has 21 heavy (non-hydrogen) atoms. The van der Waals surface area contributed by atoms with Crippen molar-refractivity contribution in [2.45, 2.75) is 45.2 Å². The van der Waals surface area contributed by atoms with Gasteiger partial charge < -0.3 is 15.8 Å². The molecule has 0 saturated heterocycles. The Morgan fingerprint density at radius 2 is 2.14 bits per heavy atom. The molecule has 0 aromatic heterocycles. The lowest BCUT2D eigenvalue weighted by Gasteiger charge is -2.26. The van der Waals surface area contributed by atoms with Gasteiger partial charge in [-0.15, -0.1) is 12.4 Å². The van der Waals surface area contributed by atoms with Crippen molar-refractivity contribution < 1.29 is 13.9 Å². The zero-order valence-electron chi connectivity index (χ0n) is 12.9. The SMILES string of the molecule is CCCC(C)(N)C(=O)NC(C)c1cc(F)ccc1OC.Cl. The second-order valence-corrected chi connectivity index (χ2v) is 5.25. The highest BCUT2D eigenvalue weighted by Crippen LogP contribution is 2.26. The van der Waals surface area contributed by atoms with E-state index in [2.05, 4.69) is 5.32 Å². The summed E-state index contributed by atoms with van der Waals surface area (Å²) in [6.45, 7) is 5.44. The van der Waals surface area contributed by atoms with Gasteiger partial charge in [-0.05, 0) is 38.5 Å². The Bertz CT molecular complexity index is 481. The maximum Gasteiger partial charge on any atom is 0.240 e. The van der Waals surface area contributed by atoms with Crippen LogP contribution in [0.15, 0.2) is 18.2 Å². The van der Waals surface area contributed by atoms with Gasteiger partial charge in [-0.2, -0.15) is 0 Å². The summed E-state index contributed by atoms with van der Waals surface area (Å²) in [5, 5.41) is 2.81. The first-order valence-corrected chi connectivity index (χ1v) is 6.75. The number of rotatable bonds is 6. The molecule has 3 N–H and O–H groups in total. The highest BCUT2D eigenvalue weighted by molar-refractivity contribution is 5.86. The molecule has 2 unspecified atom stereocenters. The molecule has 1 aromatic rings. The van der Waals surface area contributed by atoms with Crippen molar-refractivity contribution in [1.29, 1.82) is 0 Å². The van der Waals surface area contributed by atoms with Crippen molar-refractivity contribution in [3.63, 3.8) is 0 Å². The first-order valence-electron chi connectivity index (χ1n) is 6.75. The van der Waals surface area contributed by atoms with Crippen LogP contribution in [0.4, 0.5) is 4.39 Å². The van der Waals surface area contributed by atoms with Crippen LogP contribution in [-0.4, -0.2) is 18.6 Å². The van der Waals surface area contributed by atoms with Crippen LogP contribution < -0.4 is 15.8 Å². The van der Waals surface area contributed by atoms with E-state index in [1.54, 1.807) is 19.9 Å². The molecule has 0 aliphatic carbocycles. The molecule has 0 saturated carbocycles. The van der Waals surface area contributed by atoms with E-state index in [4.69, 9.17) is 10.5 Å². The van der Waals surface area contributed by atoms with E-state index < -0.39 is 5.54 Å². The van der Waals surface area contributed by atoms with Gasteiger partial charge in [-0.3, -0.25) is 4.79 Å². The molecule has 0 heterocycles. The fourth-order valence-electron chi connectivity index (χ4n) is 2.12. The number of carbonyl (C=O) groups excluding carboxylic acids is 1. The smallest absolute Gasteiger partial charge is 0.240 e. The van der Waals surface area contributed by atoms with Crippen LogP contribution in [0.1, 0.15) is 45.2 Å². The van der Waals surface area contributed by atoms with Crippen molar-refractivity contribution in [2.75, 3.05) is 7.11 Å². The number of nitrogens with one attached hydrogen (secondary N) is 1. The van der Waals surface area contributed by atoms with Crippen LogP contribution in [0.2, 0.25) is 0 Å². The first-order chi connectivity index (χ1) is 9.31. The molecule has 1 aromatic carbocycles. The summed E-state index contributed by atoms with van der Waals surface area (Å²) < 4.78 is 18.5. The Kier molecular flexibility index (Phi) is 7.68. The van der Waals surface area contributed by atoms with E-state index in [0.717, 1.165) is 6.42 Å². The molecule has 6 heteroatoms. The number of nitrogens with two attached hydrogens (primary N) is 1. The summed E-state index contributed by atoms with van der Waals surface area (Å²) >= 11 is 0. The summed E-state index contributed by atoms with van der Waals surface area (Å²) in [7, 11) is 1.51. The highest BCUT2D eigenvalue weighted by Gasteiger charge is 2.28. The van der Waals surface area contributed by atoms with Crippen LogP contribution in [0, 0.1) is 5.82 Å². The van der Waals surface area contributed by atoms with Crippen molar-refractivity contribution in [3.8, 4) is 5.75 Å². The molecule has 2 atom stereocenters. The maximum atomic E-state index is 13.3. The Labute approximate surface area is 131 Å². The average Bonchev–Trinajstić information content (AvgIpc) is 2.38. The van der Waals surface area contributed by atoms with Gasteiger partial charge in [0.2, 0.25) is 5.91 Å². The molecule has 0 fully saturated rings. The molecule has 0 aliphatic heterocycles. The fourth-order valence-corrected chi connectivity index (χ4v) is 2.12. The molecule has 1 rings (SSSR count). The van der Waals surface area contributed by atoms with E-state index in [-0.39, 0.29) is 30.2 Å². The van der Waals surface area contributed by atoms with Gasteiger partial charge in [-0.25, -0.2) is 4.39 Å². The van der Waals surface area contributed by atoms with Crippen molar-refractivity contribution in [2.24, 2.45) is 5.73 Å². The summed E-state index contributed by atoms with van der Waals surface area (Å²) in [6.07, 6.45) is 1.41. The largest absolute Gasteiger partial charge is 0.496 e. The Balaban J connectivity index is 0.00000400. The Morgan fingerprint density at radius 1 is 1.52 bits per heavy atom. The lowest BCUT2D eigenvalue weighted by molar-refractivity contribution is -0.126. The summed E-state index contributed by atoms with van der Waals surface area (Å²) in [5.74, 6) is -0.0856. The number of methoxy groups -OCH3 is 1. The van der Waals surface area contributed by atoms with Crippen LogP contribution in [-0.2, 0) is 4.79 Å². The maximum absolute atomic E-state index is 13.3. The monoisotopic (exact) mass is 318 g/mol. The number of carbonyl (C=O) groups is 1. The summed E-state index contributed by atoms with van der Waals surface area (Å²) in [6, 6.07) is 3.84. The third kappa shape index (κ3) is 5.17. The standard InChI is InChI=1S/C15H23FN2O2.ClH/c1-5-8-15(3,17)14(19)18-10(2)12-9-11(16)6-7-13(12)20-4;/h6-7,9-10H,5,8,17H2,1-4H3,(H,18,19);1H. The van der Waals surface area contributed by atoms with Crippen molar-refractivity contribution >= 4 is 18.3 Å². The van der Waals surface area contributed by atoms with Gasteiger partial charge in [0.1, 0.15) is 11.6 Å². The minimum absolute atomic E-state index is 0. The molecule has 0 radical (unpaired) electrons. The minimum atomic E-state index is -0.927. The number of hydrogen-bond donors (Lipinski definition) is 2. The predicted octanol–water partition coefficient (Wildman–Crippen LogP) is 2.95. The molecule has 0 spiro atoms. The van der Waals surface area contributed by atoms with Crippen LogP contribution in [0.5, 0.6) is 5.75 Å². The topological polar surface area (TPSA) is 64.4 Å². The van der Waals surface area contributed by atoms with Crippen molar-refractivity contribution in [3.05, 3.63) is 29.6 Å². The van der Waals surface area contributed by atoms with Gasteiger partial charge >= 0.3 is 0 Å². The normalized spacial score (nSPS) is 14.6. The van der Waals surface area contributed by atoms with E-state index in [9.17, 15) is 9.18 Å². The highest BCUT2D eigenvalue weighted by atomic mass is 35.5. The fraction of sp³-hybridized carbons (Fsp3) is 0.533. The zero-order chi connectivity index (χ0) is 15.3. The summed E-state index contributed by atoms with van der Waals surface area (Å²) in [4.78, 5) is 12.2. The lowest BCUT2D eigenvalue weighted by Crippen LogP contribution is -2.52. The van der Waals surface area contributed by atoms with E-state index in [0.29, 0.717) is 17.7 Å². The molecule has 120 valence electrons. The second-order valence-electron chi connectivity index (χ2n) is 5.25. The number of benzene rings is 1. The minimum Gasteiger partial charge on any atom is -0.496 e. The second kappa shape index (κ2) is 8.20. The first kappa shape index (κ1) is 19.7. The van der Waals surface area contributed by atoms with Crippen LogP contribution in [0.25, 0.3) is 0 Å². The van der Waals surface area contributed by atoms with E-state index in [1.165, 1.54) is 19.2 Å². The van der Waals surface area contributed by atoms with Gasteiger partial charge in [-0.1, -0.05) is 13.3 Å². The quantitative estimate of drug-likeness (QED) is 0.847. The zero-order valence-corrected chi connectivity index (χ0v) is 13.7. The van der Waals surface area contributed by atoms with Gasteiger partial charge in [0.25, 0.3) is 0 Å². The number of amides is 1. The Hall–Kier alpha value is -1.33. The number of halogens is 2. The number of hydrogen-bond acceptors (Lipinski definition) is 3. The van der Waals surface area contributed by atoms with Gasteiger partial charge in [0.05, 0.1) is 18.7 Å². The molecular formula is C15H24ClFN2O2. The molecular weight excluding hydrogens is 295 g/mol. The molecule has 4 nitrogen and oxygen atoms in total. The average molecular weight is 319 g/mol. The molecule has 1 amide bonds. The molecule has 0 bridgehead atoms. The Morgan fingerprint density at radius 3 is 2.67 bits per heavy atom. The van der Waals surface area contributed by atoms with Gasteiger partial charge in [0, 0.05) is 5.56 Å². The van der Waals surface area contributed by atoms with E-state index >= 15 is 0 Å². The van der Waals surface area contributed by atoms with Crippen LogP contribution >= 0.6 is 12.4 Å². The van der Waals surface area contributed by atoms with Crippen LogP contribution in [0.3, 0.4) is 0 Å². The molecule has 0 aliphatic rings.